The summed E-state index contributed by atoms with van der Waals surface area (Å²) in [6.45, 7) is 7.44. The summed E-state index contributed by atoms with van der Waals surface area (Å²) in [6.07, 6.45) is 0.417. The van der Waals surface area contributed by atoms with Gasteiger partial charge in [-0.05, 0) is 54.9 Å². The Morgan fingerprint density at radius 2 is 1.69 bits per heavy atom. The molecule has 6 heteroatoms. The third-order valence-corrected chi connectivity index (χ3v) is 5.65. The van der Waals surface area contributed by atoms with Gasteiger partial charge in [-0.1, -0.05) is 13.0 Å². The van der Waals surface area contributed by atoms with Crippen molar-refractivity contribution in [3.8, 4) is 11.5 Å². The van der Waals surface area contributed by atoms with Gasteiger partial charge in [0.15, 0.2) is 11.5 Å². The lowest BCUT2D eigenvalue weighted by molar-refractivity contribution is -0.116. The number of benzene rings is 2. The summed E-state index contributed by atoms with van der Waals surface area (Å²) in [5.74, 6) is 1.65. The van der Waals surface area contributed by atoms with Crippen LogP contribution in [0.1, 0.15) is 24.8 Å². The van der Waals surface area contributed by atoms with Crippen LogP contribution in [-0.4, -0.2) is 57.2 Å². The number of nitrogens with zero attached hydrogens (tertiary/aromatic N) is 2. The van der Waals surface area contributed by atoms with E-state index in [1.54, 1.807) is 0 Å². The van der Waals surface area contributed by atoms with Gasteiger partial charge < -0.3 is 24.6 Å². The van der Waals surface area contributed by atoms with Crippen molar-refractivity contribution in [3.63, 3.8) is 0 Å². The molecule has 1 unspecified atom stereocenters. The summed E-state index contributed by atoms with van der Waals surface area (Å²) in [6, 6.07) is 14.1. The number of anilines is 2. The van der Waals surface area contributed by atoms with Crippen LogP contribution in [0.25, 0.3) is 0 Å². The molecule has 0 bridgehead atoms. The fourth-order valence-corrected chi connectivity index (χ4v) is 3.79. The maximum Gasteiger partial charge on any atom is 0.224 e. The standard InChI is InChI=1S/C23H29N3O3/c1-17(18-3-8-21-22(16-18)29-14-13-28-21)15-23(27)24-19-4-6-20(7-5-19)26-11-9-25(2)10-12-26/h3-8,16-17H,9-15H2,1-2H3,(H,24,27). The Morgan fingerprint density at radius 1 is 1.00 bits per heavy atom. The van der Waals surface area contributed by atoms with Gasteiger partial charge in [0.2, 0.25) is 5.91 Å². The Labute approximate surface area is 172 Å². The summed E-state index contributed by atoms with van der Waals surface area (Å²) in [4.78, 5) is 17.3. The molecule has 0 radical (unpaired) electrons. The minimum absolute atomic E-state index is 0.0136. The first-order chi connectivity index (χ1) is 14.1. The van der Waals surface area contributed by atoms with E-state index in [1.165, 1.54) is 5.69 Å². The third-order valence-electron chi connectivity index (χ3n) is 5.65. The number of carbonyl (C=O) groups excluding carboxylic acids is 1. The van der Waals surface area contributed by atoms with Gasteiger partial charge in [0.25, 0.3) is 0 Å². The van der Waals surface area contributed by atoms with Crippen molar-refractivity contribution in [1.82, 2.24) is 4.90 Å². The second-order valence-corrected chi connectivity index (χ2v) is 7.89. The minimum Gasteiger partial charge on any atom is -0.486 e. The number of likely N-dealkylation sites (N-methyl/N-ethyl adjacent to an activating group) is 1. The van der Waals surface area contributed by atoms with Crippen LogP contribution in [0.2, 0.25) is 0 Å². The lowest BCUT2D eigenvalue weighted by Crippen LogP contribution is -2.44. The van der Waals surface area contributed by atoms with Crippen LogP contribution in [0.4, 0.5) is 11.4 Å². The number of hydrogen-bond acceptors (Lipinski definition) is 5. The molecule has 154 valence electrons. The second-order valence-electron chi connectivity index (χ2n) is 7.89. The van der Waals surface area contributed by atoms with E-state index < -0.39 is 0 Å². The monoisotopic (exact) mass is 395 g/mol. The van der Waals surface area contributed by atoms with E-state index in [9.17, 15) is 4.79 Å². The topological polar surface area (TPSA) is 54.0 Å². The van der Waals surface area contributed by atoms with E-state index in [2.05, 4.69) is 41.2 Å². The van der Waals surface area contributed by atoms with Crippen molar-refractivity contribution >= 4 is 17.3 Å². The van der Waals surface area contributed by atoms with E-state index in [1.807, 2.05) is 30.3 Å². The molecule has 0 aromatic heterocycles. The summed E-state index contributed by atoms with van der Waals surface area (Å²) in [5.41, 5.74) is 3.12. The van der Waals surface area contributed by atoms with Gasteiger partial charge in [-0.25, -0.2) is 0 Å². The molecular formula is C23H29N3O3. The third kappa shape index (κ3) is 4.82. The van der Waals surface area contributed by atoms with Crippen LogP contribution in [0.15, 0.2) is 42.5 Å². The zero-order valence-corrected chi connectivity index (χ0v) is 17.2. The largest absolute Gasteiger partial charge is 0.486 e. The van der Waals surface area contributed by atoms with Crippen LogP contribution < -0.4 is 19.7 Å². The van der Waals surface area contributed by atoms with Crippen molar-refractivity contribution in [2.24, 2.45) is 0 Å². The molecule has 2 aromatic rings. The van der Waals surface area contributed by atoms with Crippen LogP contribution in [-0.2, 0) is 4.79 Å². The highest BCUT2D eigenvalue weighted by molar-refractivity contribution is 5.91. The second kappa shape index (κ2) is 8.74. The lowest BCUT2D eigenvalue weighted by atomic mass is 9.97. The predicted molar refractivity (Wildman–Crippen MR) is 115 cm³/mol. The van der Waals surface area contributed by atoms with E-state index in [4.69, 9.17) is 9.47 Å². The number of fused-ring (bicyclic) bond motifs is 1. The molecule has 4 rings (SSSR count). The average Bonchev–Trinajstić information content (AvgIpc) is 2.74. The Kier molecular flexibility index (Phi) is 5.90. The van der Waals surface area contributed by atoms with Crippen LogP contribution >= 0.6 is 0 Å². The first-order valence-corrected chi connectivity index (χ1v) is 10.3. The molecule has 2 aliphatic rings. The molecule has 1 N–H and O–H groups in total. The first-order valence-electron chi connectivity index (χ1n) is 10.3. The molecule has 1 saturated heterocycles. The van der Waals surface area contributed by atoms with Crippen molar-refractivity contribution < 1.29 is 14.3 Å². The van der Waals surface area contributed by atoms with Gasteiger partial charge >= 0.3 is 0 Å². The molecule has 6 nitrogen and oxygen atoms in total. The Bertz CT molecular complexity index is 845. The fraction of sp³-hybridized carbons (Fsp3) is 0.435. The molecule has 2 aromatic carbocycles. The Morgan fingerprint density at radius 3 is 2.41 bits per heavy atom. The highest BCUT2D eigenvalue weighted by Gasteiger charge is 2.17. The molecule has 0 saturated carbocycles. The summed E-state index contributed by atoms with van der Waals surface area (Å²) in [7, 11) is 2.15. The van der Waals surface area contributed by atoms with Crippen molar-refractivity contribution in [2.75, 3.05) is 56.7 Å². The molecule has 1 fully saturated rings. The van der Waals surface area contributed by atoms with Crippen molar-refractivity contribution in [2.45, 2.75) is 19.3 Å². The molecule has 1 atom stereocenters. The molecule has 2 heterocycles. The molecular weight excluding hydrogens is 366 g/mol. The van der Waals surface area contributed by atoms with Gasteiger partial charge in [0, 0.05) is 44.0 Å². The SMILES string of the molecule is CC(CC(=O)Nc1ccc(N2CCN(C)CC2)cc1)c1ccc2c(c1)OCCO2. The lowest BCUT2D eigenvalue weighted by Gasteiger charge is -2.34. The number of hydrogen-bond donors (Lipinski definition) is 1. The van der Waals surface area contributed by atoms with Gasteiger partial charge in [-0.3, -0.25) is 4.79 Å². The van der Waals surface area contributed by atoms with E-state index in [-0.39, 0.29) is 11.8 Å². The maximum absolute atomic E-state index is 12.5. The van der Waals surface area contributed by atoms with E-state index >= 15 is 0 Å². The molecule has 2 aliphatic heterocycles. The van der Waals surface area contributed by atoms with Crippen LogP contribution in [0, 0.1) is 0 Å². The molecule has 29 heavy (non-hydrogen) atoms. The fourth-order valence-electron chi connectivity index (χ4n) is 3.79. The number of carbonyl (C=O) groups is 1. The summed E-state index contributed by atoms with van der Waals surface area (Å²) < 4.78 is 11.2. The predicted octanol–water partition coefficient (Wildman–Crippen LogP) is 3.34. The van der Waals surface area contributed by atoms with Crippen molar-refractivity contribution in [1.29, 1.82) is 0 Å². The maximum atomic E-state index is 12.5. The number of ether oxygens (including phenoxy) is 2. The van der Waals surface area contributed by atoms with Crippen LogP contribution in [0.5, 0.6) is 11.5 Å². The first kappa shape index (κ1) is 19.6. The number of nitrogens with one attached hydrogen (secondary N) is 1. The number of amides is 1. The normalized spacial score (nSPS) is 17.7. The molecule has 0 aliphatic carbocycles. The zero-order chi connectivity index (χ0) is 20.2. The van der Waals surface area contributed by atoms with E-state index in [0.717, 1.165) is 48.9 Å². The van der Waals surface area contributed by atoms with E-state index in [0.29, 0.717) is 19.6 Å². The minimum atomic E-state index is 0.0136. The van der Waals surface area contributed by atoms with Gasteiger partial charge in [-0.15, -0.1) is 0 Å². The molecule has 1 amide bonds. The highest BCUT2D eigenvalue weighted by Crippen LogP contribution is 2.34. The van der Waals surface area contributed by atoms with Crippen molar-refractivity contribution in [3.05, 3.63) is 48.0 Å². The Balaban J connectivity index is 1.32. The summed E-state index contributed by atoms with van der Waals surface area (Å²) in [5, 5.41) is 3.02. The van der Waals surface area contributed by atoms with Crippen LogP contribution in [0.3, 0.4) is 0 Å². The quantitative estimate of drug-likeness (QED) is 0.842. The number of piperazine rings is 1. The number of rotatable bonds is 5. The van der Waals surface area contributed by atoms with Gasteiger partial charge in [-0.2, -0.15) is 0 Å². The average molecular weight is 396 g/mol. The summed E-state index contributed by atoms with van der Waals surface area (Å²) >= 11 is 0. The zero-order valence-electron chi connectivity index (χ0n) is 17.2. The smallest absolute Gasteiger partial charge is 0.224 e. The van der Waals surface area contributed by atoms with Gasteiger partial charge in [0.05, 0.1) is 0 Å². The van der Waals surface area contributed by atoms with Gasteiger partial charge in [0.1, 0.15) is 13.2 Å². The highest BCUT2D eigenvalue weighted by atomic mass is 16.6. The Hall–Kier alpha value is -2.73. The molecule has 0 spiro atoms.